The number of aliphatic hydroxyl groups is 1. The number of carbonyl (C=O) groups is 1. The minimum atomic E-state index is -0.715. The number of nitrogens with zero attached hydrogens (tertiary/aromatic N) is 2. The summed E-state index contributed by atoms with van der Waals surface area (Å²) in [5.41, 5.74) is 1.65. The van der Waals surface area contributed by atoms with Crippen LogP contribution in [-0.2, 0) is 11.3 Å². The quantitative estimate of drug-likeness (QED) is 0.887. The summed E-state index contributed by atoms with van der Waals surface area (Å²) in [6.45, 7) is 7.95. The lowest BCUT2D eigenvalue weighted by molar-refractivity contribution is -0.122. The summed E-state index contributed by atoms with van der Waals surface area (Å²) in [5, 5.41) is 12.9. The van der Waals surface area contributed by atoms with Crippen LogP contribution in [0.1, 0.15) is 39.6 Å². The predicted octanol–water partition coefficient (Wildman–Crippen LogP) is 2.25. The van der Waals surface area contributed by atoms with E-state index in [2.05, 4.69) is 24.1 Å². The van der Waals surface area contributed by atoms with E-state index in [0.717, 1.165) is 11.0 Å². The van der Waals surface area contributed by atoms with Crippen LogP contribution >= 0.6 is 0 Å². The van der Waals surface area contributed by atoms with Crippen LogP contribution in [0.4, 0.5) is 0 Å². The number of aromatic nitrogens is 2. The molecule has 0 saturated heterocycles. The van der Waals surface area contributed by atoms with Crippen molar-refractivity contribution in [1.29, 1.82) is 0 Å². The van der Waals surface area contributed by atoms with Gasteiger partial charge in [-0.15, -0.1) is 0 Å². The topological polar surface area (TPSA) is 67.2 Å². The first-order chi connectivity index (χ1) is 9.90. The molecule has 0 fully saturated rings. The molecule has 5 heteroatoms. The van der Waals surface area contributed by atoms with Crippen LogP contribution in [0.2, 0.25) is 0 Å². The highest BCUT2D eigenvalue weighted by atomic mass is 16.3. The normalized spacial score (nSPS) is 14.4. The van der Waals surface area contributed by atoms with Gasteiger partial charge in [0.25, 0.3) is 0 Å². The second-order valence-corrected chi connectivity index (χ2v) is 5.82. The predicted molar refractivity (Wildman–Crippen MR) is 82.8 cm³/mol. The number of aliphatic hydroxyl groups excluding tert-OH is 1. The summed E-state index contributed by atoms with van der Waals surface area (Å²) in [5.74, 6) is 0.828. The fourth-order valence-electron chi connectivity index (χ4n) is 2.19. The van der Waals surface area contributed by atoms with Gasteiger partial charge in [-0.25, -0.2) is 4.98 Å². The summed E-state index contributed by atoms with van der Waals surface area (Å²) < 4.78 is 1.78. The van der Waals surface area contributed by atoms with Crippen molar-refractivity contribution in [3.05, 3.63) is 30.1 Å². The third-order valence-electron chi connectivity index (χ3n) is 3.75. The molecule has 1 aromatic carbocycles. The zero-order valence-corrected chi connectivity index (χ0v) is 13.0. The number of para-hydroxylation sites is 2. The maximum absolute atomic E-state index is 12.2. The van der Waals surface area contributed by atoms with E-state index < -0.39 is 6.10 Å². The number of benzene rings is 1. The highest BCUT2D eigenvalue weighted by Crippen LogP contribution is 2.20. The number of fused-ring (bicyclic) bond motifs is 1. The number of rotatable bonds is 5. The molecule has 0 radical (unpaired) electrons. The molecule has 2 atom stereocenters. The van der Waals surface area contributed by atoms with Gasteiger partial charge in [0.1, 0.15) is 18.5 Å². The van der Waals surface area contributed by atoms with Crippen molar-refractivity contribution < 1.29 is 9.90 Å². The van der Waals surface area contributed by atoms with E-state index >= 15 is 0 Å². The first-order valence-corrected chi connectivity index (χ1v) is 7.32. The zero-order chi connectivity index (χ0) is 15.6. The molecule has 2 rings (SSSR count). The Balaban J connectivity index is 2.28. The molecule has 0 aliphatic carbocycles. The maximum atomic E-state index is 12.2. The van der Waals surface area contributed by atoms with Crippen molar-refractivity contribution in [2.24, 2.45) is 5.92 Å². The third kappa shape index (κ3) is 3.42. The molecule has 5 nitrogen and oxygen atoms in total. The third-order valence-corrected chi connectivity index (χ3v) is 3.75. The van der Waals surface area contributed by atoms with Crippen molar-refractivity contribution in [3.63, 3.8) is 0 Å². The van der Waals surface area contributed by atoms with Gasteiger partial charge >= 0.3 is 0 Å². The van der Waals surface area contributed by atoms with Gasteiger partial charge in [0.05, 0.1) is 11.0 Å². The highest BCUT2D eigenvalue weighted by Gasteiger charge is 2.18. The molecule has 1 aromatic heterocycles. The Kier molecular flexibility index (Phi) is 4.63. The highest BCUT2D eigenvalue weighted by molar-refractivity contribution is 5.81. The van der Waals surface area contributed by atoms with E-state index in [1.54, 1.807) is 11.5 Å². The van der Waals surface area contributed by atoms with E-state index in [0.29, 0.717) is 11.7 Å². The van der Waals surface area contributed by atoms with Crippen LogP contribution in [-0.4, -0.2) is 26.6 Å². The Labute approximate surface area is 125 Å². The van der Waals surface area contributed by atoms with Crippen molar-refractivity contribution in [1.82, 2.24) is 14.9 Å². The van der Waals surface area contributed by atoms with E-state index in [4.69, 9.17) is 0 Å². The van der Waals surface area contributed by atoms with Gasteiger partial charge in [0.15, 0.2) is 0 Å². The van der Waals surface area contributed by atoms with Crippen LogP contribution in [0.3, 0.4) is 0 Å². The summed E-state index contributed by atoms with van der Waals surface area (Å²) in [7, 11) is 0. The van der Waals surface area contributed by atoms with Crippen LogP contribution < -0.4 is 5.32 Å². The number of hydrogen-bond donors (Lipinski definition) is 2. The Morgan fingerprint density at radius 2 is 1.95 bits per heavy atom. The van der Waals surface area contributed by atoms with Gasteiger partial charge in [0, 0.05) is 6.04 Å². The van der Waals surface area contributed by atoms with Crippen LogP contribution in [0.15, 0.2) is 24.3 Å². The van der Waals surface area contributed by atoms with Gasteiger partial charge in [-0.2, -0.15) is 0 Å². The van der Waals surface area contributed by atoms with Crippen LogP contribution in [0.5, 0.6) is 0 Å². The molecule has 0 aliphatic rings. The maximum Gasteiger partial charge on any atom is 0.240 e. The van der Waals surface area contributed by atoms with E-state index in [1.807, 2.05) is 31.2 Å². The second kappa shape index (κ2) is 6.26. The molecule has 2 aromatic rings. The largest absolute Gasteiger partial charge is 0.385 e. The molecule has 1 amide bonds. The first kappa shape index (κ1) is 15.5. The lowest BCUT2D eigenvalue weighted by atomic mass is 10.1. The van der Waals surface area contributed by atoms with Crippen LogP contribution in [0.25, 0.3) is 11.0 Å². The molecule has 0 aliphatic heterocycles. The second-order valence-electron chi connectivity index (χ2n) is 5.82. The van der Waals surface area contributed by atoms with Crippen LogP contribution in [0, 0.1) is 5.92 Å². The Morgan fingerprint density at radius 3 is 2.57 bits per heavy atom. The lowest BCUT2D eigenvalue weighted by Crippen LogP contribution is -2.38. The van der Waals surface area contributed by atoms with Crippen molar-refractivity contribution in [2.45, 2.75) is 46.4 Å². The fraction of sp³-hybridized carbons (Fsp3) is 0.500. The molecule has 0 bridgehead atoms. The van der Waals surface area contributed by atoms with E-state index in [-0.39, 0.29) is 18.5 Å². The van der Waals surface area contributed by atoms with Gasteiger partial charge in [-0.05, 0) is 31.9 Å². The summed E-state index contributed by atoms with van der Waals surface area (Å²) in [6.07, 6.45) is -0.715. The molecular weight excluding hydrogens is 266 g/mol. The van der Waals surface area contributed by atoms with Crippen molar-refractivity contribution in [3.8, 4) is 0 Å². The number of carbonyl (C=O) groups excluding carboxylic acids is 1. The fourth-order valence-corrected chi connectivity index (χ4v) is 2.19. The first-order valence-electron chi connectivity index (χ1n) is 7.32. The smallest absolute Gasteiger partial charge is 0.240 e. The molecule has 2 N–H and O–H groups in total. The standard InChI is InChI=1S/C16H23N3O2/c1-10(2)11(3)17-15(21)9-19-14-8-6-5-7-13(14)18-16(19)12(4)20/h5-8,10-12,20H,9H2,1-4H3,(H,17,21). The number of amides is 1. The average molecular weight is 289 g/mol. The van der Waals surface area contributed by atoms with Crippen molar-refractivity contribution >= 4 is 16.9 Å². The molecule has 2 unspecified atom stereocenters. The monoisotopic (exact) mass is 289 g/mol. The molecule has 114 valence electrons. The van der Waals surface area contributed by atoms with Gasteiger partial charge < -0.3 is 15.0 Å². The molecular formula is C16H23N3O2. The minimum Gasteiger partial charge on any atom is -0.385 e. The molecule has 21 heavy (non-hydrogen) atoms. The SMILES string of the molecule is CC(O)c1nc2ccccc2n1CC(=O)NC(C)C(C)C. The summed E-state index contributed by atoms with van der Waals surface area (Å²) in [4.78, 5) is 16.6. The number of imidazole rings is 1. The summed E-state index contributed by atoms with van der Waals surface area (Å²) in [6, 6.07) is 7.70. The Bertz CT molecular complexity index is 631. The van der Waals surface area contributed by atoms with E-state index in [1.165, 1.54) is 0 Å². The molecule has 0 saturated carbocycles. The average Bonchev–Trinajstić information content (AvgIpc) is 2.78. The molecule has 1 heterocycles. The molecule has 0 spiro atoms. The van der Waals surface area contributed by atoms with Gasteiger partial charge in [-0.3, -0.25) is 4.79 Å². The number of hydrogen-bond acceptors (Lipinski definition) is 3. The Hall–Kier alpha value is -1.88. The van der Waals surface area contributed by atoms with E-state index in [9.17, 15) is 9.90 Å². The lowest BCUT2D eigenvalue weighted by Gasteiger charge is -2.18. The van der Waals surface area contributed by atoms with Crippen molar-refractivity contribution in [2.75, 3.05) is 0 Å². The van der Waals surface area contributed by atoms with Gasteiger partial charge in [-0.1, -0.05) is 26.0 Å². The van der Waals surface area contributed by atoms with Gasteiger partial charge in [0.2, 0.25) is 5.91 Å². The Morgan fingerprint density at radius 1 is 1.29 bits per heavy atom. The number of nitrogens with one attached hydrogen (secondary N) is 1. The minimum absolute atomic E-state index is 0.0683. The summed E-state index contributed by atoms with van der Waals surface area (Å²) >= 11 is 0. The zero-order valence-electron chi connectivity index (χ0n) is 13.0.